The van der Waals surface area contributed by atoms with Gasteiger partial charge in [0.05, 0.1) is 11.5 Å². The Morgan fingerprint density at radius 2 is 2.19 bits per heavy atom. The van der Waals surface area contributed by atoms with Crippen LogP contribution < -0.4 is 10.0 Å². The van der Waals surface area contributed by atoms with Gasteiger partial charge in [-0.1, -0.05) is 0 Å². The monoisotopic (exact) mass is 332 g/mol. The largest absolute Gasteiger partial charge is 0.380 e. The molecule has 0 radical (unpaired) electrons. The summed E-state index contributed by atoms with van der Waals surface area (Å²) in [5.41, 5.74) is 0. The molecule has 2 rings (SSSR count). The average Bonchev–Trinajstić information content (AvgIpc) is 3.15. The van der Waals surface area contributed by atoms with Gasteiger partial charge < -0.3 is 10.1 Å². The molecule has 0 amide bonds. The van der Waals surface area contributed by atoms with Gasteiger partial charge in [0.15, 0.2) is 0 Å². The molecule has 7 heteroatoms. The number of rotatable bonds is 9. The molecule has 0 aliphatic heterocycles. The fourth-order valence-corrected chi connectivity index (χ4v) is 4.88. The average molecular weight is 332 g/mol. The predicted octanol–water partition coefficient (Wildman–Crippen LogP) is 2.01. The molecule has 0 saturated heterocycles. The third-order valence-corrected chi connectivity index (χ3v) is 6.18. The summed E-state index contributed by atoms with van der Waals surface area (Å²) in [6.07, 6.45) is 2.46. The van der Waals surface area contributed by atoms with Crippen molar-refractivity contribution < 1.29 is 13.2 Å². The molecule has 0 spiro atoms. The van der Waals surface area contributed by atoms with Crippen molar-refractivity contribution in [3.63, 3.8) is 0 Å². The van der Waals surface area contributed by atoms with Crippen LogP contribution >= 0.6 is 11.3 Å². The first kappa shape index (κ1) is 16.9. The van der Waals surface area contributed by atoms with Crippen LogP contribution in [-0.4, -0.2) is 33.7 Å². The lowest BCUT2D eigenvalue weighted by molar-refractivity contribution is 0.133. The molecule has 1 saturated carbocycles. The lowest BCUT2D eigenvalue weighted by atomic mass is 10.4. The number of nitrogens with one attached hydrogen (secondary N) is 2. The number of aryl methyl sites for hydroxylation is 1. The zero-order valence-corrected chi connectivity index (χ0v) is 14.4. The van der Waals surface area contributed by atoms with Gasteiger partial charge in [-0.3, -0.25) is 0 Å². The van der Waals surface area contributed by atoms with E-state index in [1.165, 1.54) is 12.8 Å². The molecule has 21 heavy (non-hydrogen) atoms. The van der Waals surface area contributed by atoms with Crippen molar-refractivity contribution in [2.75, 3.05) is 13.2 Å². The summed E-state index contributed by atoms with van der Waals surface area (Å²) >= 11 is 1.54. The fourth-order valence-electron chi connectivity index (χ4n) is 2.07. The van der Waals surface area contributed by atoms with Gasteiger partial charge in [0.1, 0.15) is 0 Å². The van der Waals surface area contributed by atoms with Crippen molar-refractivity contribution in [2.24, 2.45) is 0 Å². The van der Waals surface area contributed by atoms with Crippen LogP contribution in [0.1, 0.15) is 36.4 Å². The van der Waals surface area contributed by atoms with Crippen molar-refractivity contribution >= 4 is 21.4 Å². The molecule has 1 heterocycles. The van der Waals surface area contributed by atoms with Crippen molar-refractivity contribution in [1.29, 1.82) is 0 Å². The van der Waals surface area contributed by atoms with Crippen molar-refractivity contribution in [2.45, 2.75) is 57.1 Å². The van der Waals surface area contributed by atoms with Gasteiger partial charge in [0.2, 0.25) is 10.0 Å². The number of hydrogen-bond donors (Lipinski definition) is 2. The topological polar surface area (TPSA) is 67.4 Å². The van der Waals surface area contributed by atoms with Crippen LogP contribution in [0.25, 0.3) is 0 Å². The zero-order chi connectivity index (χ0) is 15.5. The van der Waals surface area contributed by atoms with Crippen molar-refractivity contribution in [3.8, 4) is 0 Å². The quantitative estimate of drug-likeness (QED) is 0.726. The molecule has 1 aliphatic rings. The number of sulfonamides is 1. The van der Waals surface area contributed by atoms with E-state index in [-0.39, 0.29) is 6.04 Å². The molecule has 0 bridgehead atoms. The van der Waals surface area contributed by atoms with Gasteiger partial charge in [0.25, 0.3) is 0 Å². The van der Waals surface area contributed by atoms with Crippen LogP contribution in [0.4, 0.5) is 0 Å². The maximum Gasteiger partial charge on any atom is 0.241 e. The SMILES string of the molecule is CCOCC(C)NS(=O)(=O)c1cc(CNC2CC2)sc1C. The molecule has 1 aliphatic carbocycles. The van der Waals surface area contributed by atoms with Gasteiger partial charge in [0, 0.05) is 35.0 Å². The van der Waals surface area contributed by atoms with Crippen molar-refractivity contribution in [3.05, 3.63) is 15.8 Å². The second-order valence-corrected chi connectivity index (χ2v) is 8.49. The van der Waals surface area contributed by atoms with Gasteiger partial charge in [-0.2, -0.15) is 0 Å². The molecular weight excluding hydrogens is 308 g/mol. The lowest BCUT2D eigenvalue weighted by Gasteiger charge is -2.13. The van der Waals surface area contributed by atoms with Gasteiger partial charge in [-0.15, -0.1) is 11.3 Å². The van der Waals surface area contributed by atoms with E-state index in [4.69, 9.17) is 4.74 Å². The van der Waals surface area contributed by atoms with Gasteiger partial charge in [-0.05, 0) is 39.7 Å². The Balaban J connectivity index is 2.00. The summed E-state index contributed by atoms with van der Waals surface area (Å²) in [5, 5.41) is 3.41. The second kappa shape index (κ2) is 7.19. The van der Waals surface area contributed by atoms with Crippen LogP contribution in [0.2, 0.25) is 0 Å². The molecule has 1 atom stereocenters. The Kier molecular flexibility index (Phi) is 5.79. The Morgan fingerprint density at radius 3 is 2.81 bits per heavy atom. The molecular formula is C14H24N2O3S2. The number of thiophene rings is 1. The molecule has 1 aromatic rings. The fraction of sp³-hybridized carbons (Fsp3) is 0.714. The molecule has 2 N–H and O–H groups in total. The number of ether oxygens (including phenoxy) is 1. The summed E-state index contributed by atoms with van der Waals surface area (Å²) in [4.78, 5) is 2.29. The van der Waals surface area contributed by atoms with Crippen LogP contribution in [0.15, 0.2) is 11.0 Å². The van der Waals surface area contributed by atoms with Gasteiger partial charge >= 0.3 is 0 Å². The minimum Gasteiger partial charge on any atom is -0.380 e. The van der Waals surface area contributed by atoms with E-state index in [9.17, 15) is 8.42 Å². The summed E-state index contributed by atoms with van der Waals surface area (Å²) in [6, 6.07) is 2.17. The summed E-state index contributed by atoms with van der Waals surface area (Å²) in [6.45, 7) is 7.27. The Hall–Kier alpha value is -0.470. The summed E-state index contributed by atoms with van der Waals surface area (Å²) < 4.78 is 32.7. The number of hydrogen-bond acceptors (Lipinski definition) is 5. The van der Waals surface area contributed by atoms with E-state index >= 15 is 0 Å². The van der Waals surface area contributed by atoms with E-state index in [0.717, 1.165) is 16.3 Å². The molecule has 1 fully saturated rings. The first-order chi connectivity index (χ1) is 9.92. The van der Waals surface area contributed by atoms with E-state index in [0.29, 0.717) is 24.2 Å². The first-order valence-corrected chi connectivity index (χ1v) is 9.65. The highest BCUT2D eigenvalue weighted by Gasteiger charge is 2.24. The predicted molar refractivity (Wildman–Crippen MR) is 85.2 cm³/mol. The van der Waals surface area contributed by atoms with Crippen LogP contribution in [0, 0.1) is 6.92 Å². The first-order valence-electron chi connectivity index (χ1n) is 7.35. The Labute approximate surface area is 131 Å². The molecule has 5 nitrogen and oxygen atoms in total. The van der Waals surface area contributed by atoms with Crippen LogP contribution in [-0.2, 0) is 21.3 Å². The smallest absolute Gasteiger partial charge is 0.241 e. The second-order valence-electron chi connectivity index (χ2n) is 5.47. The zero-order valence-electron chi connectivity index (χ0n) is 12.8. The van der Waals surface area contributed by atoms with E-state index in [1.807, 2.05) is 20.8 Å². The van der Waals surface area contributed by atoms with Gasteiger partial charge in [-0.25, -0.2) is 13.1 Å². The standard InChI is InChI=1S/C14H24N2O3S2/c1-4-19-9-10(2)16-21(17,18)14-7-13(20-11(14)3)8-15-12-5-6-12/h7,10,12,15-16H,4-6,8-9H2,1-3H3. The minimum atomic E-state index is -3.47. The third kappa shape index (κ3) is 5.03. The highest BCUT2D eigenvalue weighted by Crippen LogP contribution is 2.27. The van der Waals surface area contributed by atoms with E-state index in [2.05, 4.69) is 10.0 Å². The highest BCUT2D eigenvalue weighted by atomic mass is 32.2. The summed E-state index contributed by atoms with van der Waals surface area (Å²) in [5.74, 6) is 0. The molecule has 1 aromatic heterocycles. The molecule has 120 valence electrons. The minimum absolute atomic E-state index is 0.234. The van der Waals surface area contributed by atoms with Crippen molar-refractivity contribution in [1.82, 2.24) is 10.0 Å². The maximum absolute atomic E-state index is 12.4. The maximum atomic E-state index is 12.4. The normalized spacial score (nSPS) is 17.1. The molecule has 0 aromatic carbocycles. The highest BCUT2D eigenvalue weighted by molar-refractivity contribution is 7.89. The van der Waals surface area contributed by atoms with E-state index < -0.39 is 10.0 Å². The van der Waals surface area contributed by atoms with E-state index in [1.54, 1.807) is 17.4 Å². The Morgan fingerprint density at radius 1 is 1.48 bits per heavy atom. The van der Waals surface area contributed by atoms with Crippen LogP contribution in [0.3, 0.4) is 0 Å². The molecule has 1 unspecified atom stereocenters. The summed E-state index contributed by atoms with van der Waals surface area (Å²) in [7, 11) is -3.47. The lowest BCUT2D eigenvalue weighted by Crippen LogP contribution is -2.36. The third-order valence-electron chi connectivity index (χ3n) is 3.28. The Bertz CT molecular complexity index is 565. The van der Waals surface area contributed by atoms with Crippen LogP contribution in [0.5, 0.6) is 0 Å².